The highest BCUT2D eigenvalue weighted by atomic mass is 32.1. The van der Waals surface area contributed by atoms with Gasteiger partial charge in [-0.3, -0.25) is 19.1 Å². The van der Waals surface area contributed by atoms with Gasteiger partial charge >= 0.3 is 0 Å². The Balaban J connectivity index is 1.36. The van der Waals surface area contributed by atoms with Gasteiger partial charge in [-0.15, -0.1) is 11.3 Å². The molecule has 3 N–H and O–H groups in total. The quantitative estimate of drug-likeness (QED) is 0.374. The van der Waals surface area contributed by atoms with Crippen LogP contribution in [-0.2, 0) is 4.79 Å². The number of hydrogen-bond acceptors (Lipinski definition) is 5. The summed E-state index contributed by atoms with van der Waals surface area (Å²) in [6, 6.07) is 18.4. The van der Waals surface area contributed by atoms with Crippen LogP contribution < -0.4 is 16.0 Å². The van der Waals surface area contributed by atoms with Crippen LogP contribution in [0.4, 0.5) is 17.1 Å². The topological polar surface area (TPSA) is 105 Å². The van der Waals surface area contributed by atoms with Crippen molar-refractivity contribution >= 4 is 46.1 Å². The molecule has 0 aliphatic heterocycles. The van der Waals surface area contributed by atoms with Crippen LogP contribution in [0.5, 0.6) is 0 Å². The van der Waals surface area contributed by atoms with Crippen molar-refractivity contribution in [3.63, 3.8) is 0 Å². The molecule has 9 heteroatoms. The molecular formula is C24H21N5O3S. The molecule has 0 bridgehead atoms. The molecule has 0 aliphatic rings. The fourth-order valence-electron chi connectivity index (χ4n) is 3.06. The van der Waals surface area contributed by atoms with Crippen molar-refractivity contribution in [2.24, 2.45) is 0 Å². The van der Waals surface area contributed by atoms with E-state index in [9.17, 15) is 14.4 Å². The molecule has 2 heterocycles. The Labute approximate surface area is 194 Å². The second-order valence-corrected chi connectivity index (χ2v) is 8.14. The van der Waals surface area contributed by atoms with Gasteiger partial charge < -0.3 is 16.0 Å². The van der Waals surface area contributed by atoms with Crippen LogP contribution in [0, 0.1) is 0 Å². The van der Waals surface area contributed by atoms with Gasteiger partial charge in [-0.05, 0) is 66.9 Å². The lowest BCUT2D eigenvalue weighted by molar-refractivity contribution is -0.119. The summed E-state index contributed by atoms with van der Waals surface area (Å²) in [5, 5.41) is 14.4. The van der Waals surface area contributed by atoms with Gasteiger partial charge in [0.1, 0.15) is 6.04 Å². The van der Waals surface area contributed by atoms with Gasteiger partial charge in [0.05, 0.1) is 4.88 Å². The minimum absolute atomic E-state index is 0.192. The molecule has 0 aliphatic carbocycles. The normalized spacial score (nSPS) is 11.4. The van der Waals surface area contributed by atoms with E-state index in [1.54, 1.807) is 84.7 Å². The molecule has 4 aromatic rings. The van der Waals surface area contributed by atoms with Gasteiger partial charge in [-0.1, -0.05) is 12.1 Å². The molecule has 1 unspecified atom stereocenters. The molecule has 166 valence electrons. The number of amides is 3. The maximum Gasteiger partial charge on any atom is 0.265 e. The van der Waals surface area contributed by atoms with Gasteiger partial charge in [-0.2, -0.15) is 5.10 Å². The molecule has 4 rings (SSSR count). The van der Waals surface area contributed by atoms with E-state index in [1.807, 2.05) is 11.4 Å². The van der Waals surface area contributed by atoms with Gasteiger partial charge in [0.25, 0.3) is 11.8 Å². The highest BCUT2D eigenvalue weighted by Gasteiger charge is 2.15. The first-order valence-electron chi connectivity index (χ1n) is 10.2. The van der Waals surface area contributed by atoms with Crippen LogP contribution in [0.3, 0.4) is 0 Å². The minimum atomic E-state index is -0.475. The zero-order chi connectivity index (χ0) is 23.2. The van der Waals surface area contributed by atoms with E-state index in [0.717, 1.165) is 0 Å². The van der Waals surface area contributed by atoms with E-state index in [-0.39, 0.29) is 17.7 Å². The summed E-state index contributed by atoms with van der Waals surface area (Å²) in [6.07, 6.45) is 3.34. The number of aromatic nitrogens is 2. The van der Waals surface area contributed by atoms with E-state index < -0.39 is 6.04 Å². The summed E-state index contributed by atoms with van der Waals surface area (Å²) in [5.41, 5.74) is 2.13. The molecule has 2 aromatic heterocycles. The Morgan fingerprint density at radius 3 is 2.24 bits per heavy atom. The second kappa shape index (κ2) is 9.92. The van der Waals surface area contributed by atoms with Crippen LogP contribution >= 0.6 is 11.3 Å². The van der Waals surface area contributed by atoms with E-state index in [2.05, 4.69) is 21.0 Å². The van der Waals surface area contributed by atoms with Crippen LogP contribution in [0.15, 0.2) is 84.5 Å². The van der Waals surface area contributed by atoms with Gasteiger partial charge in [-0.25, -0.2) is 0 Å². The lowest BCUT2D eigenvalue weighted by Crippen LogP contribution is -2.24. The van der Waals surface area contributed by atoms with Crippen LogP contribution in [0.2, 0.25) is 0 Å². The molecule has 0 fully saturated rings. The Hall–Kier alpha value is -4.24. The first-order chi connectivity index (χ1) is 16.0. The molecule has 8 nitrogen and oxygen atoms in total. The number of nitrogens with zero attached hydrogens (tertiary/aromatic N) is 2. The molecule has 1 atom stereocenters. The summed E-state index contributed by atoms with van der Waals surface area (Å²) in [4.78, 5) is 37.8. The number of hydrogen-bond donors (Lipinski definition) is 3. The zero-order valence-electron chi connectivity index (χ0n) is 17.7. The maximum absolute atomic E-state index is 12.6. The fourth-order valence-corrected chi connectivity index (χ4v) is 3.68. The molecule has 2 aromatic carbocycles. The predicted molar refractivity (Wildman–Crippen MR) is 129 cm³/mol. The Morgan fingerprint density at radius 1 is 0.848 bits per heavy atom. The molecule has 0 radical (unpaired) electrons. The highest BCUT2D eigenvalue weighted by molar-refractivity contribution is 7.12. The Morgan fingerprint density at radius 2 is 1.58 bits per heavy atom. The average Bonchev–Trinajstić information content (AvgIpc) is 3.54. The molecular weight excluding hydrogens is 438 g/mol. The third-order valence-corrected chi connectivity index (χ3v) is 5.71. The predicted octanol–water partition coefficient (Wildman–Crippen LogP) is 4.65. The molecule has 0 spiro atoms. The standard InChI is InChI=1S/C24H21N5O3S/c1-16(29-13-4-12-25-29)22(30)27-19-5-2-6-20(15-19)28-23(31)17-8-10-18(11-9-17)26-24(32)21-7-3-14-33-21/h2-16H,1H3,(H,26,32)(H,27,30)(H,28,31). The van der Waals surface area contributed by atoms with Crippen molar-refractivity contribution in [3.05, 3.63) is 94.9 Å². The minimum Gasteiger partial charge on any atom is -0.324 e. The van der Waals surface area contributed by atoms with E-state index in [1.165, 1.54) is 11.3 Å². The summed E-state index contributed by atoms with van der Waals surface area (Å²) in [7, 11) is 0. The third kappa shape index (κ3) is 5.52. The molecule has 0 saturated heterocycles. The lowest BCUT2D eigenvalue weighted by Gasteiger charge is -2.13. The lowest BCUT2D eigenvalue weighted by atomic mass is 10.2. The summed E-state index contributed by atoms with van der Waals surface area (Å²) < 4.78 is 1.56. The summed E-state index contributed by atoms with van der Waals surface area (Å²) >= 11 is 1.36. The fraction of sp³-hybridized carbons (Fsp3) is 0.0833. The molecule has 0 saturated carbocycles. The Kier molecular flexibility index (Phi) is 6.61. The van der Waals surface area contributed by atoms with Crippen molar-refractivity contribution in [2.45, 2.75) is 13.0 Å². The molecule has 33 heavy (non-hydrogen) atoms. The van der Waals surface area contributed by atoms with Crippen LogP contribution in [0.25, 0.3) is 0 Å². The number of rotatable bonds is 7. The van der Waals surface area contributed by atoms with Crippen molar-refractivity contribution < 1.29 is 14.4 Å². The first-order valence-corrected chi connectivity index (χ1v) is 11.0. The highest BCUT2D eigenvalue weighted by Crippen LogP contribution is 2.19. The summed E-state index contributed by atoms with van der Waals surface area (Å²) in [6.45, 7) is 1.75. The van der Waals surface area contributed by atoms with Gasteiger partial charge in [0, 0.05) is 35.0 Å². The zero-order valence-corrected chi connectivity index (χ0v) is 18.5. The SMILES string of the molecule is CC(C(=O)Nc1cccc(NC(=O)c2ccc(NC(=O)c3cccs3)cc2)c1)n1cccn1. The molecule has 3 amide bonds. The maximum atomic E-state index is 12.6. The largest absolute Gasteiger partial charge is 0.324 e. The van der Waals surface area contributed by atoms with Gasteiger partial charge in [0.2, 0.25) is 5.91 Å². The van der Waals surface area contributed by atoms with Crippen LogP contribution in [0.1, 0.15) is 33.0 Å². The van der Waals surface area contributed by atoms with Gasteiger partial charge in [0.15, 0.2) is 0 Å². The number of carbonyl (C=O) groups is 3. The van der Waals surface area contributed by atoms with Crippen molar-refractivity contribution in [2.75, 3.05) is 16.0 Å². The number of nitrogens with one attached hydrogen (secondary N) is 3. The Bertz CT molecular complexity index is 1250. The van der Waals surface area contributed by atoms with Crippen molar-refractivity contribution in [3.8, 4) is 0 Å². The summed E-state index contributed by atoms with van der Waals surface area (Å²) in [5.74, 6) is -0.718. The van der Waals surface area contributed by atoms with Crippen molar-refractivity contribution in [1.82, 2.24) is 9.78 Å². The third-order valence-electron chi connectivity index (χ3n) is 4.84. The van der Waals surface area contributed by atoms with Crippen molar-refractivity contribution in [1.29, 1.82) is 0 Å². The average molecular weight is 460 g/mol. The van der Waals surface area contributed by atoms with E-state index in [4.69, 9.17) is 0 Å². The number of anilines is 3. The number of thiophene rings is 1. The number of benzene rings is 2. The van der Waals surface area contributed by atoms with E-state index in [0.29, 0.717) is 27.5 Å². The second-order valence-electron chi connectivity index (χ2n) is 7.20. The van der Waals surface area contributed by atoms with Crippen LogP contribution in [-0.4, -0.2) is 27.5 Å². The smallest absolute Gasteiger partial charge is 0.265 e. The van der Waals surface area contributed by atoms with E-state index >= 15 is 0 Å². The number of carbonyl (C=O) groups excluding carboxylic acids is 3. The first kappa shape index (κ1) is 22.0. The monoisotopic (exact) mass is 459 g/mol.